The van der Waals surface area contributed by atoms with Crippen molar-refractivity contribution in [2.24, 2.45) is 0 Å². The molecule has 1 fully saturated rings. The molecular weight excluding hydrogens is 394 g/mol. The molecule has 1 saturated heterocycles. The van der Waals surface area contributed by atoms with E-state index in [2.05, 4.69) is 5.32 Å². The summed E-state index contributed by atoms with van der Waals surface area (Å²) in [6.45, 7) is 3.58. The fraction of sp³-hybridized carbons (Fsp3) is 0.150. The first-order valence-corrected chi connectivity index (χ1v) is 8.85. The van der Waals surface area contributed by atoms with Gasteiger partial charge in [0.15, 0.2) is 11.5 Å². The second kappa shape index (κ2) is 8.03. The Morgan fingerprint density at radius 2 is 1.87 bits per heavy atom. The molecule has 0 aliphatic carbocycles. The Labute approximate surface area is 170 Å². The van der Waals surface area contributed by atoms with Crippen LogP contribution in [0.1, 0.15) is 18.1 Å². The summed E-state index contributed by atoms with van der Waals surface area (Å²) in [6.07, 6.45) is 0.982. The Morgan fingerprint density at radius 1 is 1.20 bits per heavy atom. The number of hydrogen-bond donors (Lipinski definition) is 2. The van der Waals surface area contributed by atoms with E-state index in [1.807, 2.05) is 6.92 Å². The highest BCUT2D eigenvalue weighted by molar-refractivity contribution is 6.39. The summed E-state index contributed by atoms with van der Waals surface area (Å²) < 4.78 is 5.20. The number of phenolic OH excluding ortho intramolecular Hbond substituents is 1. The number of nitro benzene ring substituents is 1. The lowest BCUT2D eigenvalue weighted by atomic mass is 10.0. The highest BCUT2D eigenvalue weighted by Crippen LogP contribution is 2.36. The standard InChI is InChI=1S/C20H17N3O7/c1-3-30-16-10-14(23(28)29)8-12(17(16)24)9-15-18(25)21-20(27)22(19(15)26)13-6-4-11(2)5-7-13/h4-10,24H,3H2,1-2H3,(H,21,25,27)/b15-9+. The van der Waals surface area contributed by atoms with E-state index < -0.39 is 39.8 Å². The molecule has 4 amide bonds. The maximum atomic E-state index is 12.9. The predicted octanol–water partition coefficient (Wildman–Crippen LogP) is 2.67. The van der Waals surface area contributed by atoms with E-state index in [9.17, 15) is 29.6 Å². The van der Waals surface area contributed by atoms with Crippen LogP contribution in [-0.2, 0) is 9.59 Å². The number of carbonyl (C=O) groups excluding carboxylic acids is 3. The van der Waals surface area contributed by atoms with Crippen molar-refractivity contribution in [1.82, 2.24) is 5.32 Å². The van der Waals surface area contributed by atoms with Gasteiger partial charge in [-0.3, -0.25) is 25.0 Å². The summed E-state index contributed by atoms with van der Waals surface area (Å²) in [5, 5.41) is 23.6. The summed E-state index contributed by atoms with van der Waals surface area (Å²) in [4.78, 5) is 48.7. The molecule has 2 aromatic rings. The molecule has 0 atom stereocenters. The van der Waals surface area contributed by atoms with Crippen molar-refractivity contribution in [2.75, 3.05) is 11.5 Å². The lowest BCUT2D eigenvalue weighted by Gasteiger charge is -2.26. The quantitative estimate of drug-likeness (QED) is 0.334. The van der Waals surface area contributed by atoms with E-state index in [4.69, 9.17) is 4.74 Å². The fourth-order valence-corrected chi connectivity index (χ4v) is 2.84. The molecule has 30 heavy (non-hydrogen) atoms. The Bertz CT molecular complexity index is 1090. The highest BCUT2D eigenvalue weighted by atomic mass is 16.6. The summed E-state index contributed by atoms with van der Waals surface area (Å²) in [5.41, 5.74) is 0.0798. The van der Waals surface area contributed by atoms with Crippen molar-refractivity contribution < 1.29 is 29.2 Å². The van der Waals surface area contributed by atoms with Gasteiger partial charge in [-0.15, -0.1) is 0 Å². The van der Waals surface area contributed by atoms with Crippen LogP contribution < -0.4 is 15.0 Å². The molecule has 0 aromatic heterocycles. The number of nitrogens with zero attached hydrogens (tertiary/aromatic N) is 2. The van der Waals surface area contributed by atoms with E-state index in [1.165, 1.54) is 12.1 Å². The molecule has 10 nitrogen and oxygen atoms in total. The number of nitrogens with one attached hydrogen (secondary N) is 1. The molecule has 0 unspecified atom stereocenters. The lowest BCUT2D eigenvalue weighted by Crippen LogP contribution is -2.54. The highest BCUT2D eigenvalue weighted by Gasteiger charge is 2.37. The first kappa shape index (κ1) is 20.5. The van der Waals surface area contributed by atoms with Crippen molar-refractivity contribution >= 4 is 35.3 Å². The van der Waals surface area contributed by atoms with Gasteiger partial charge in [-0.2, -0.15) is 0 Å². The SMILES string of the molecule is CCOc1cc([N+](=O)[O-])cc(/C=C2\C(=O)NC(=O)N(c3ccc(C)cc3)C2=O)c1O. The third kappa shape index (κ3) is 3.83. The number of nitro groups is 1. The maximum Gasteiger partial charge on any atom is 0.335 e. The average molecular weight is 411 g/mol. The molecule has 1 heterocycles. The maximum absolute atomic E-state index is 12.9. The number of amides is 4. The Morgan fingerprint density at radius 3 is 2.47 bits per heavy atom. The number of anilines is 1. The summed E-state index contributed by atoms with van der Waals surface area (Å²) >= 11 is 0. The van der Waals surface area contributed by atoms with Crippen LogP contribution in [0, 0.1) is 17.0 Å². The van der Waals surface area contributed by atoms with Gasteiger partial charge in [0, 0.05) is 11.6 Å². The minimum Gasteiger partial charge on any atom is -0.504 e. The number of aromatic hydroxyl groups is 1. The van der Waals surface area contributed by atoms with Crippen molar-refractivity contribution in [2.45, 2.75) is 13.8 Å². The molecule has 0 bridgehead atoms. The van der Waals surface area contributed by atoms with E-state index in [0.29, 0.717) is 0 Å². The van der Waals surface area contributed by atoms with Crippen LogP contribution in [0.2, 0.25) is 0 Å². The molecule has 2 N–H and O–H groups in total. The first-order chi connectivity index (χ1) is 14.2. The van der Waals surface area contributed by atoms with Crippen molar-refractivity contribution in [3.05, 3.63) is 63.2 Å². The van der Waals surface area contributed by atoms with Crippen LogP contribution in [0.25, 0.3) is 6.08 Å². The number of urea groups is 1. The van der Waals surface area contributed by atoms with Crippen molar-refractivity contribution in [1.29, 1.82) is 0 Å². The van der Waals surface area contributed by atoms with E-state index in [1.54, 1.807) is 19.1 Å². The van der Waals surface area contributed by atoms with Gasteiger partial charge >= 0.3 is 6.03 Å². The monoisotopic (exact) mass is 411 g/mol. The minimum absolute atomic E-state index is 0.125. The number of rotatable bonds is 5. The first-order valence-electron chi connectivity index (χ1n) is 8.85. The molecule has 1 aliphatic rings. The average Bonchev–Trinajstić information content (AvgIpc) is 2.69. The third-order valence-corrected chi connectivity index (χ3v) is 4.29. The number of carbonyl (C=O) groups is 3. The second-order valence-corrected chi connectivity index (χ2v) is 6.37. The van der Waals surface area contributed by atoms with Crippen LogP contribution in [0.15, 0.2) is 42.0 Å². The van der Waals surface area contributed by atoms with Gasteiger partial charge in [0.2, 0.25) is 0 Å². The molecule has 0 radical (unpaired) electrons. The molecular formula is C20H17N3O7. The van der Waals surface area contributed by atoms with Gasteiger partial charge in [0.25, 0.3) is 17.5 Å². The zero-order valence-electron chi connectivity index (χ0n) is 16.0. The molecule has 0 saturated carbocycles. The third-order valence-electron chi connectivity index (χ3n) is 4.29. The van der Waals surface area contributed by atoms with E-state index in [-0.39, 0.29) is 23.6 Å². The lowest BCUT2D eigenvalue weighted by molar-refractivity contribution is -0.385. The Kier molecular flexibility index (Phi) is 5.50. The minimum atomic E-state index is -0.989. The number of imide groups is 2. The van der Waals surface area contributed by atoms with Crippen LogP contribution in [0.4, 0.5) is 16.2 Å². The molecule has 3 rings (SSSR count). The van der Waals surface area contributed by atoms with Crippen LogP contribution >= 0.6 is 0 Å². The van der Waals surface area contributed by atoms with E-state index >= 15 is 0 Å². The number of aryl methyl sites for hydroxylation is 1. The van der Waals surface area contributed by atoms with Gasteiger partial charge in [0.05, 0.1) is 23.3 Å². The van der Waals surface area contributed by atoms with Crippen LogP contribution in [-0.4, -0.2) is 34.5 Å². The topological polar surface area (TPSA) is 139 Å². The molecule has 2 aromatic carbocycles. The zero-order valence-corrected chi connectivity index (χ0v) is 16.0. The number of ether oxygens (including phenoxy) is 1. The molecule has 10 heteroatoms. The Balaban J connectivity index is 2.10. The molecule has 1 aliphatic heterocycles. The number of benzene rings is 2. The van der Waals surface area contributed by atoms with Crippen LogP contribution in [0.5, 0.6) is 11.5 Å². The predicted molar refractivity (Wildman–Crippen MR) is 106 cm³/mol. The molecule has 154 valence electrons. The zero-order chi connectivity index (χ0) is 22.0. The fourth-order valence-electron chi connectivity index (χ4n) is 2.84. The largest absolute Gasteiger partial charge is 0.504 e. The normalized spacial score (nSPS) is 15.3. The van der Waals surface area contributed by atoms with Crippen molar-refractivity contribution in [3.8, 4) is 11.5 Å². The van der Waals surface area contributed by atoms with Gasteiger partial charge in [0.1, 0.15) is 5.57 Å². The van der Waals surface area contributed by atoms with Gasteiger partial charge in [-0.25, -0.2) is 9.69 Å². The van der Waals surface area contributed by atoms with Crippen LogP contribution in [0.3, 0.4) is 0 Å². The summed E-state index contributed by atoms with van der Waals surface area (Å²) in [7, 11) is 0. The summed E-state index contributed by atoms with van der Waals surface area (Å²) in [5.74, 6) is -2.57. The van der Waals surface area contributed by atoms with E-state index in [0.717, 1.165) is 28.7 Å². The van der Waals surface area contributed by atoms with Gasteiger partial charge < -0.3 is 9.84 Å². The smallest absolute Gasteiger partial charge is 0.335 e. The Hall–Kier alpha value is -4.21. The van der Waals surface area contributed by atoms with Gasteiger partial charge in [-0.1, -0.05) is 17.7 Å². The van der Waals surface area contributed by atoms with Crippen molar-refractivity contribution in [3.63, 3.8) is 0 Å². The molecule has 0 spiro atoms. The number of barbiturate groups is 1. The number of non-ortho nitro benzene ring substituents is 1. The number of phenols is 1. The summed E-state index contributed by atoms with van der Waals surface area (Å²) in [6, 6.07) is 7.57. The number of hydrogen-bond acceptors (Lipinski definition) is 7. The van der Waals surface area contributed by atoms with Gasteiger partial charge in [-0.05, 0) is 32.1 Å². The second-order valence-electron chi connectivity index (χ2n) is 6.37.